The number of hydrogen-bond acceptors (Lipinski definition) is 2. The molecule has 1 aromatic rings. The molecule has 2 heteroatoms. The number of likely N-dealkylation sites (tertiary alicyclic amines) is 1. The van der Waals surface area contributed by atoms with Crippen LogP contribution in [0, 0.1) is 24.7 Å². The summed E-state index contributed by atoms with van der Waals surface area (Å²) in [5.41, 5.74) is 6.25. The third-order valence-corrected chi connectivity index (χ3v) is 8.61. The van der Waals surface area contributed by atoms with Crippen LogP contribution in [0.1, 0.15) is 62.3 Å². The molecule has 24 heavy (non-hydrogen) atoms. The first-order chi connectivity index (χ1) is 11.2. The number of aliphatic hydroxyl groups is 1. The van der Waals surface area contributed by atoms with Crippen molar-refractivity contribution in [1.82, 2.24) is 4.90 Å². The van der Waals surface area contributed by atoms with E-state index in [1.807, 2.05) is 0 Å². The minimum atomic E-state index is -0.208. The van der Waals surface area contributed by atoms with Gasteiger partial charge in [0, 0.05) is 16.9 Å². The van der Waals surface area contributed by atoms with Crippen LogP contribution < -0.4 is 0 Å². The Morgan fingerprint density at radius 1 is 1.12 bits per heavy atom. The van der Waals surface area contributed by atoms with Gasteiger partial charge in [-0.1, -0.05) is 32.9 Å². The van der Waals surface area contributed by atoms with Crippen molar-refractivity contribution in [3.05, 3.63) is 34.4 Å². The van der Waals surface area contributed by atoms with Crippen LogP contribution >= 0.6 is 0 Å². The van der Waals surface area contributed by atoms with Crippen LogP contribution in [0.25, 0.3) is 0 Å². The van der Waals surface area contributed by atoms with Crippen molar-refractivity contribution in [2.75, 3.05) is 13.6 Å². The second-order valence-electron chi connectivity index (χ2n) is 9.59. The maximum absolute atomic E-state index is 11.0. The molecule has 0 amide bonds. The Balaban J connectivity index is 2.10. The second-order valence-corrected chi connectivity index (χ2v) is 9.59. The lowest BCUT2D eigenvalue weighted by Crippen LogP contribution is -2.73. The molecule has 1 N–H and O–H groups in total. The van der Waals surface area contributed by atoms with E-state index in [2.05, 4.69) is 58.7 Å². The first-order valence-electron chi connectivity index (χ1n) is 9.65. The van der Waals surface area contributed by atoms with Gasteiger partial charge in [0.2, 0.25) is 0 Å². The molecule has 1 saturated heterocycles. The van der Waals surface area contributed by atoms with E-state index in [0.29, 0.717) is 6.04 Å². The van der Waals surface area contributed by atoms with Crippen molar-refractivity contribution in [2.24, 2.45) is 10.8 Å². The second kappa shape index (κ2) is 4.86. The lowest BCUT2D eigenvalue weighted by atomic mass is 9.36. The molecule has 2 fully saturated rings. The number of benzene rings is 1. The van der Waals surface area contributed by atoms with Crippen LogP contribution in [0.3, 0.4) is 0 Å². The Morgan fingerprint density at radius 2 is 1.83 bits per heavy atom. The molecule has 2 aliphatic carbocycles. The molecule has 2 nitrogen and oxygen atoms in total. The van der Waals surface area contributed by atoms with Crippen molar-refractivity contribution in [3.8, 4) is 0 Å². The minimum absolute atomic E-state index is 0.0819. The normalized spacial score (nSPS) is 40.8. The van der Waals surface area contributed by atoms with Crippen molar-refractivity contribution >= 4 is 0 Å². The summed E-state index contributed by atoms with van der Waals surface area (Å²) in [4.78, 5) is 2.60. The van der Waals surface area contributed by atoms with Gasteiger partial charge in [0.1, 0.15) is 0 Å². The van der Waals surface area contributed by atoms with E-state index >= 15 is 0 Å². The highest BCUT2D eigenvalue weighted by Gasteiger charge is 2.69. The third kappa shape index (κ3) is 1.65. The summed E-state index contributed by atoms with van der Waals surface area (Å²) in [6.07, 6.45) is 4.20. The Morgan fingerprint density at radius 3 is 2.54 bits per heavy atom. The molecule has 4 atom stereocenters. The van der Waals surface area contributed by atoms with Crippen LogP contribution in [0.2, 0.25) is 0 Å². The number of likely N-dealkylation sites (N-methyl/N-ethyl adjacent to an activating group) is 1. The first-order valence-corrected chi connectivity index (χ1v) is 9.65. The molecule has 2 bridgehead atoms. The van der Waals surface area contributed by atoms with Gasteiger partial charge in [0.15, 0.2) is 0 Å². The Labute approximate surface area is 147 Å². The Bertz CT molecular complexity index is 693. The largest absolute Gasteiger partial charge is 0.393 e. The third-order valence-electron chi connectivity index (χ3n) is 8.61. The molecule has 4 rings (SSSR count). The molecule has 0 aromatic heterocycles. The molecule has 0 radical (unpaired) electrons. The van der Waals surface area contributed by atoms with E-state index in [-0.39, 0.29) is 22.3 Å². The van der Waals surface area contributed by atoms with Gasteiger partial charge >= 0.3 is 0 Å². The molecule has 1 aliphatic heterocycles. The highest BCUT2D eigenvalue weighted by atomic mass is 16.3. The van der Waals surface area contributed by atoms with Crippen LogP contribution in [0.4, 0.5) is 0 Å². The summed E-state index contributed by atoms with van der Waals surface area (Å²) < 4.78 is 0. The van der Waals surface area contributed by atoms with E-state index in [9.17, 15) is 5.11 Å². The lowest BCUT2D eigenvalue weighted by Gasteiger charge is -2.71. The lowest BCUT2D eigenvalue weighted by molar-refractivity contribution is -0.178. The molecule has 132 valence electrons. The molecular weight excluding hydrogens is 294 g/mol. The van der Waals surface area contributed by atoms with Crippen molar-refractivity contribution in [3.63, 3.8) is 0 Å². The smallest absolute Gasteiger partial charge is 0.0600 e. The summed E-state index contributed by atoms with van der Waals surface area (Å²) in [7, 11) is 2.31. The molecule has 0 spiro atoms. The van der Waals surface area contributed by atoms with E-state index in [1.165, 1.54) is 16.7 Å². The summed E-state index contributed by atoms with van der Waals surface area (Å²) in [6, 6.07) is 5.27. The highest BCUT2D eigenvalue weighted by molar-refractivity contribution is 5.52. The Hall–Kier alpha value is -0.860. The topological polar surface area (TPSA) is 23.5 Å². The zero-order valence-corrected chi connectivity index (χ0v) is 16.2. The fourth-order valence-electron chi connectivity index (χ4n) is 7.03. The van der Waals surface area contributed by atoms with Crippen molar-refractivity contribution in [1.29, 1.82) is 0 Å². The minimum Gasteiger partial charge on any atom is -0.393 e. The highest BCUT2D eigenvalue weighted by Crippen LogP contribution is 2.69. The number of aryl methyl sites for hydroxylation is 1. The van der Waals surface area contributed by atoms with Gasteiger partial charge in [-0.3, -0.25) is 0 Å². The van der Waals surface area contributed by atoms with E-state index in [4.69, 9.17) is 0 Å². The molecule has 1 heterocycles. The average Bonchev–Trinajstić information content (AvgIpc) is 2.51. The quantitative estimate of drug-likeness (QED) is 0.779. The number of aliphatic hydroxyl groups excluding tert-OH is 1. The van der Waals surface area contributed by atoms with Gasteiger partial charge in [0.05, 0.1) is 6.10 Å². The predicted molar refractivity (Wildman–Crippen MR) is 99.5 cm³/mol. The summed E-state index contributed by atoms with van der Waals surface area (Å²) in [6.45, 7) is 12.9. The van der Waals surface area contributed by atoms with Gasteiger partial charge in [0.25, 0.3) is 0 Å². The molecule has 1 unspecified atom stereocenters. The number of fused-ring (bicyclic) bond motifs is 1. The monoisotopic (exact) mass is 327 g/mol. The SMILES string of the molecule is Cc1ccc2c(c1C)[C@]13CCN(C)[C@@H](C2)C1(C)CC[C@@H](O)C3(C)C. The number of nitrogens with zero attached hydrogens (tertiary/aromatic N) is 1. The fourth-order valence-corrected chi connectivity index (χ4v) is 7.03. The standard InChI is InChI=1S/C22H33NO/c1-14-7-8-16-13-17-21(5)10-9-18(24)20(3,4)22(21,11-12-23(17)6)19(16)15(14)2/h7-8,17-18,24H,9-13H2,1-6H3/t17-,18+,21?,22-/m0/s1. The molecule has 1 saturated carbocycles. The number of hydrogen-bond donors (Lipinski definition) is 1. The first kappa shape index (κ1) is 16.6. The molecular formula is C22H33NO. The van der Waals surface area contributed by atoms with Crippen molar-refractivity contribution < 1.29 is 5.11 Å². The molecule has 1 aromatic carbocycles. The summed E-state index contributed by atoms with van der Waals surface area (Å²) in [5.74, 6) is 0. The van der Waals surface area contributed by atoms with Crippen LogP contribution in [-0.4, -0.2) is 35.7 Å². The number of piperidine rings is 1. The van der Waals surface area contributed by atoms with Crippen LogP contribution in [0.15, 0.2) is 12.1 Å². The van der Waals surface area contributed by atoms with Gasteiger partial charge in [-0.05, 0) is 80.8 Å². The maximum Gasteiger partial charge on any atom is 0.0600 e. The van der Waals surface area contributed by atoms with Gasteiger partial charge in [-0.15, -0.1) is 0 Å². The van der Waals surface area contributed by atoms with Gasteiger partial charge < -0.3 is 10.0 Å². The zero-order chi connectivity index (χ0) is 17.5. The van der Waals surface area contributed by atoms with E-state index in [0.717, 1.165) is 32.2 Å². The maximum atomic E-state index is 11.0. The van der Waals surface area contributed by atoms with Crippen LogP contribution in [0.5, 0.6) is 0 Å². The van der Waals surface area contributed by atoms with Gasteiger partial charge in [-0.2, -0.15) is 0 Å². The zero-order valence-electron chi connectivity index (χ0n) is 16.2. The summed E-state index contributed by atoms with van der Waals surface area (Å²) >= 11 is 0. The Kier molecular flexibility index (Phi) is 3.36. The van der Waals surface area contributed by atoms with Crippen molar-refractivity contribution in [2.45, 2.75) is 77.9 Å². The van der Waals surface area contributed by atoms with Gasteiger partial charge in [-0.25, -0.2) is 0 Å². The fraction of sp³-hybridized carbons (Fsp3) is 0.727. The predicted octanol–water partition coefficient (Wildman–Crippen LogP) is 3.99. The molecule has 3 aliphatic rings. The van der Waals surface area contributed by atoms with Crippen LogP contribution in [-0.2, 0) is 11.8 Å². The van der Waals surface area contributed by atoms with E-state index in [1.54, 1.807) is 5.56 Å². The van der Waals surface area contributed by atoms with E-state index < -0.39 is 0 Å². The average molecular weight is 328 g/mol. The summed E-state index contributed by atoms with van der Waals surface area (Å²) in [5, 5.41) is 11.0. The number of rotatable bonds is 0.